The van der Waals surface area contributed by atoms with Crippen molar-refractivity contribution in [2.24, 2.45) is 9.98 Å². The van der Waals surface area contributed by atoms with Crippen molar-refractivity contribution >= 4 is 40.7 Å². The van der Waals surface area contributed by atoms with Crippen molar-refractivity contribution in [1.82, 2.24) is 0 Å². The van der Waals surface area contributed by atoms with Gasteiger partial charge in [0.2, 0.25) is 5.78 Å². The fourth-order valence-corrected chi connectivity index (χ4v) is 7.26. The summed E-state index contributed by atoms with van der Waals surface area (Å²) in [6, 6.07) is -0.00435. The molecule has 0 amide bonds. The largest absolute Gasteiger partial charge is 0.870 e. The maximum Gasteiger partial charge on any atom is 0.214 e. The third kappa shape index (κ3) is 1.09. The van der Waals surface area contributed by atoms with Crippen molar-refractivity contribution in [3.8, 4) is 5.75 Å². The molecule has 4 atom stereocenters. The minimum Gasteiger partial charge on any atom is -0.870 e. The Balaban J connectivity index is 1.78. The predicted octanol–water partition coefficient (Wildman–Crippen LogP) is -0.880. The Hall–Kier alpha value is -1.92. The van der Waals surface area contributed by atoms with Crippen molar-refractivity contribution in [1.29, 1.82) is 0 Å². The summed E-state index contributed by atoms with van der Waals surface area (Å²) in [5, 5.41) is 14.8. The predicted molar refractivity (Wildman–Crippen MR) is 87.5 cm³/mol. The van der Waals surface area contributed by atoms with Crippen LogP contribution in [0.2, 0.25) is 0 Å². The quantitative estimate of drug-likeness (QED) is 0.669. The molecule has 0 radical (unpaired) electrons. The molecule has 1 saturated heterocycles. The highest BCUT2D eigenvalue weighted by Crippen LogP contribution is 2.60. The molecular formula is C18H13N3O2S. The average molecular weight is 335 g/mol. The van der Waals surface area contributed by atoms with Gasteiger partial charge in [0, 0.05) is 34.9 Å². The molecule has 6 heteroatoms. The Bertz CT molecular complexity index is 1100. The van der Waals surface area contributed by atoms with E-state index in [-0.39, 0.29) is 28.4 Å². The molecule has 6 aliphatic rings. The standard InChI is InChI=1S/C18H13N3O2S/c22-9-3-10-18-4-8(9)21-2-1-7-6-19-14-12(7)16(21)13(18)15(17(14)23)20-11(5-18)24-10/h3,6,8,11,23H,1-2,4-5H2/t8?,11-,18-/m0/s1. The van der Waals surface area contributed by atoms with Gasteiger partial charge < -0.3 is 5.11 Å². The van der Waals surface area contributed by atoms with Crippen LogP contribution >= 0.6 is 11.8 Å². The molecule has 1 aromatic carbocycles. The molecular weight excluding hydrogens is 322 g/mol. The third-order valence-electron chi connectivity index (χ3n) is 6.66. The van der Waals surface area contributed by atoms with E-state index in [1.807, 2.05) is 12.3 Å². The number of hydrogen-bond donors (Lipinski definition) is 1. The summed E-state index contributed by atoms with van der Waals surface area (Å²) in [4.78, 5) is 24.4. The van der Waals surface area contributed by atoms with Crippen LogP contribution in [0.25, 0.3) is 5.57 Å². The van der Waals surface area contributed by atoms with Gasteiger partial charge in [0.25, 0.3) is 0 Å². The van der Waals surface area contributed by atoms with Crippen LogP contribution in [0.5, 0.6) is 5.75 Å². The number of fused-ring (bicyclic) bond motifs is 3. The molecule has 1 spiro atoms. The lowest BCUT2D eigenvalue weighted by atomic mass is 9.64. The maximum atomic E-state index is 13.1. The summed E-state index contributed by atoms with van der Waals surface area (Å²) in [5.41, 5.74) is 3.92. The first-order chi connectivity index (χ1) is 11.7. The van der Waals surface area contributed by atoms with Crippen LogP contribution < -0.4 is 20.6 Å². The lowest BCUT2D eigenvalue weighted by molar-refractivity contribution is -0.855. The van der Waals surface area contributed by atoms with Gasteiger partial charge >= 0.3 is 0 Å². The van der Waals surface area contributed by atoms with E-state index in [1.54, 1.807) is 11.8 Å². The molecule has 0 saturated carbocycles. The summed E-state index contributed by atoms with van der Waals surface area (Å²) in [5.74, 6) is 0.248. The normalized spacial score (nSPS) is 38.3. The number of quaternary nitrogens is 1. The average Bonchev–Trinajstić information content (AvgIpc) is 3.11. The number of aliphatic imine (C=N–C) groups is 1. The van der Waals surface area contributed by atoms with Crippen LogP contribution in [-0.4, -0.2) is 30.0 Å². The molecule has 0 aromatic heterocycles. The zero-order chi connectivity index (χ0) is 15.8. The van der Waals surface area contributed by atoms with E-state index in [2.05, 4.69) is 4.99 Å². The third-order valence-corrected chi connectivity index (χ3v) is 7.97. The monoisotopic (exact) mass is 335 g/mol. The topological polar surface area (TPSA) is 69.3 Å². The molecule has 7 rings (SSSR count). The molecule has 5 nitrogen and oxygen atoms in total. The van der Waals surface area contributed by atoms with E-state index in [1.165, 1.54) is 16.2 Å². The molecule has 5 aliphatic heterocycles. The summed E-state index contributed by atoms with van der Waals surface area (Å²) in [6.07, 6.45) is 6.40. The molecule has 1 aromatic rings. The van der Waals surface area contributed by atoms with Crippen LogP contribution in [0.1, 0.15) is 24.8 Å². The smallest absolute Gasteiger partial charge is 0.214 e. The molecule has 1 N–H and O–H groups in total. The summed E-state index contributed by atoms with van der Waals surface area (Å²) in [6.45, 7) is 0.907. The van der Waals surface area contributed by atoms with Gasteiger partial charge in [-0.3, -0.25) is 19.7 Å². The number of hydrogen-bond acceptors (Lipinski definition) is 5. The summed E-state index contributed by atoms with van der Waals surface area (Å²) >= 11 is 1.69. The number of nitrogens with one attached hydrogen (secondary N) is 1. The lowest BCUT2D eigenvalue weighted by Gasteiger charge is -2.47. The first-order valence-corrected chi connectivity index (χ1v) is 9.37. The van der Waals surface area contributed by atoms with E-state index in [4.69, 9.17) is 4.99 Å². The maximum absolute atomic E-state index is 13.1. The van der Waals surface area contributed by atoms with Gasteiger partial charge in [-0.1, -0.05) is 5.75 Å². The molecule has 1 fully saturated rings. The minimum atomic E-state index is -0.136. The SMILES string of the molecule is O=C1C=C2S[C@H]3C[C@@]24CC1[NH+]1CCC2=c5c(c([O-])c(c4c51)=N3)N=C2. The highest BCUT2D eigenvalue weighted by molar-refractivity contribution is 8.04. The van der Waals surface area contributed by atoms with Crippen LogP contribution in [0.4, 0.5) is 11.4 Å². The Kier molecular flexibility index (Phi) is 1.83. The zero-order valence-corrected chi connectivity index (χ0v) is 13.6. The molecule has 118 valence electrons. The van der Waals surface area contributed by atoms with Crippen molar-refractivity contribution in [3.63, 3.8) is 0 Å². The van der Waals surface area contributed by atoms with Crippen molar-refractivity contribution in [2.75, 3.05) is 6.54 Å². The van der Waals surface area contributed by atoms with Crippen LogP contribution in [0, 0.1) is 0 Å². The minimum absolute atomic E-state index is 0.00229. The second-order valence-corrected chi connectivity index (χ2v) is 8.84. The fourth-order valence-electron chi connectivity index (χ4n) is 5.76. The number of benzene rings is 1. The molecule has 1 aliphatic carbocycles. The summed E-state index contributed by atoms with van der Waals surface area (Å²) < 4.78 is 0. The number of allylic oxidation sites excluding steroid dienone is 1. The van der Waals surface area contributed by atoms with Crippen LogP contribution in [-0.2, 0) is 10.2 Å². The van der Waals surface area contributed by atoms with Gasteiger partial charge in [0.15, 0.2) is 6.04 Å². The Morgan fingerprint density at radius 3 is 3.21 bits per heavy atom. The van der Waals surface area contributed by atoms with Gasteiger partial charge in [-0.15, -0.1) is 11.8 Å². The molecule has 24 heavy (non-hydrogen) atoms. The van der Waals surface area contributed by atoms with Crippen molar-refractivity contribution in [2.45, 2.75) is 36.1 Å². The van der Waals surface area contributed by atoms with E-state index in [0.29, 0.717) is 11.0 Å². The molecule has 2 unspecified atom stereocenters. The van der Waals surface area contributed by atoms with Gasteiger partial charge in [-0.05, 0) is 18.1 Å². The van der Waals surface area contributed by atoms with Gasteiger partial charge in [-0.2, -0.15) is 0 Å². The van der Waals surface area contributed by atoms with Gasteiger partial charge in [0.05, 0.1) is 22.8 Å². The highest BCUT2D eigenvalue weighted by atomic mass is 32.2. The van der Waals surface area contributed by atoms with E-state index >= 15 is 0 Å². The summed E-state index contributed by atoms with van der Waals surface area (Å²) in [7, 11) is 0. The second kappa shape index (κ2) is 3.53. The van der Waals surface area contributed by atoms with Gasteiger partial charge in [-0.25, -0.2) is 0 Å². The van der Waals surface area contributed by atoms with E-state index in [9.17, 15) is 9.90 Å². The molecule has 3 bridgehead atoms. The van der Waals surface area contributed by atoms with Gasteiger partial charge in [0.1, 0.15) is 11.1 Å². The van der Waals surface area contributed by atoms with Crippen LogP contribution in [0.3, 0.4) is 0 Å². The first-order valence-electron chi connectivity index (χ1n) is 8.49. The Labute approximate surface area is 141 Å². The number of nitrogens with zero attached hydrogens (tertiary/aromatic N) is 2. The highest BCUT2D eigenvalue weighted by Gasteiger charge is 2.61. The molecule has 5 heterocycles. The fraction of sp³-hybridized carbons (Fsp3) is 0.389. The second-order valence-electron chi connectivity index (χ2n) is 7.62. The number of rotatable bonds is 0. The van der Waals surface area contributed by atoms with E-state index < -0.39 is 0 Å². The van der Waals surface area contributed by atoms with Crippen molar-refractivity contribution in [3.05, 3.63) is 27.1 Å². The lowest BCUT2D eigenvalue weighted by Crippen LogP contribution is -3.15. The number of carbonyl (C=O) groups excluding carboxylic acids is 1. The number of ketones is 1. The van der Waals surface area contributed by atoms with Crippen LogP contribution in [0.15, 0.2) is 21.0 Å². The van der Waals surface area contributed by atoms with Crippen molar-refractivity contribution < 1.29 is 14.8 Å². The Morgan fingerprint density at radius 1 is 1.38 bits per heavy atom. The number of thioether (sulfide) groups is 1. The Morgan fingerprint density at radius 2 is 2.29 bits per heavy atom. The zero-order valence-electron chi connectivity index (χ0n) is 12.8. The first kappa shape index (κ1) is 12.4. The van der Waals surface area contributed by atoms with E-state index in [0.717, 1.165) is 41.5 Å². The number of carbonyl (C=O) groups is 1.